The number of hydrogen-bond donors (Lipinski definition) is 1. The summed E-state index contributed by atoms with van der Waals surface area (Å²) in [5.74, 6) is 0. The Kier molecular flexibility index (Phi) is 5.51. The molecule has 0 saturated carbocycles. The fourth-order valence-electron chi connectivity index (χ4n) is 3.60. The SMILES string of the molecule is CN1C2CCC1CN(C(=O)NCCOCc1ccccc1)CC2. The maximum Gasteiger partial charge on any atom is 0.317 e. The summed E-state index contributed by atoms with van der Waals surface area (Å²) in [7, 11) is 2.20. The number of carbonyl (C=O) groups excluding carboxylic acids is 1. The van der Waals surface area contributed by atoms with Gasteiger partial charge in [0.2, 0.25) is 0 Å². The van der Waals surface area contributed by atoms with E-state index >= 15 is 0 Å². The largest absolute Gasteiger partial charge is 0.375 e. The number of benzene rings is 1. The summed E-state index contributed by atoms with van der Waals surface area (Å²) in [6.07, 6.45) is 3.58. The molecule has 2 unspecified atom stereocenters. The van der Waals surface area contributed by atoms with E-state index in [4.69, 9.17) is 4.74 Å². The Morgan fingerprint density at radius 1 is 1.22 bits per heavy atom. The van der Waals surface area contributed by atoms with E-state index in [1.54, 1.807) is 0 Å². The van der Waals surface area contributed by atoms with E-state index in [0.717, 1.165) is 25.1 Å². The van der Waals surface area contributed by atoms with Crippen LogP contribution in [-0.2, 0) is 11.3 Å². The van der Waals surface area contributed by atoms with Crippen LogP contribution in [0, 0.1) is 0 Å². The number of urea groups is 1. The number of hydrogen-bond acceptors (Lipinski definition) is 3. The van der Waals surface area contributed by atoms with Crippen LogP contribution in [0.15, 0.2) is 30.3 Å². The van der Waals surface area contributed by atoms with Crippen molar-refractivity contribution in [2.24, 2.45) is 0 Å². The molecule has 1 aromatic rings. The van der Waals surface area contributed by atoms with Gasteiger partial charge in [-0.3, -0.25) is 4.90 Å². The van der Waals surface area contributed by atoms with E-state index in [1.165, 1.54) is 12.8 Å². The molecule has 23 heavy (non-hydrogen) atoms. The average Bonchev–Trinajstić information content (AvgIpc) is 2.80. The zero-order valence-corrected chi connectivity index (χ0v) is 13.9. The molecule has 2 heterocycles. The lowest BCUT2D eigenvalue weighted by molar-refractivity contribution is 0.121. The number of amides is 2. The Morgan fingerprint density at radius 3 is 2.83 bits per heavy atom. The van der Waals surface area contributed by atoms with Gasteiger partial charge in [0.05, 0.1) is 13.2 Å². The summed E-state index contributed by atoms with van der Waals surface area (Å²) in [6, 6.07) is 11.3. The Labute approximate surface area is 138 Å². The van der Waals surface area contributed by atoms with Gasteiger partial charge in [-0.2, -0.15) is 0 Å². The highest BCUT2D eigenvalue weighted by molar-refractivity contribution is 5.74. The van der Waals surface area contributed by atoms with Crippen molar-refractivity contribution in [2.75, 3.05) is 33.3 Å². The van der Waals surface area contributed by atoms with Crippen molar-refractivity contribution < 1.29 is 9.53 Å². The second kappa shape index (κ2) is 7.79. The Bertz CT molecular complexity index is 508. The van der Waals surface area contributed by atoms with Crippen molar-refractivity contribution in [3.05, 3.63) is 35.9 Å². The normalized spacial score (nSPS) is 24.5. The molecule has 5 nitrogen and oxygen atoms in total. The molecule has 2 saturated heterocycles. The van der Waals surface area contributed by atoms with Crippen LogP contribution in [0.1, 0.15) is 24.8 Å². The van der Waals surface area contributed by atoms with E-state index in [9.17, 15) is 4.79 Å². The Balaban J connectivity index is 1.35. The predicted octanol–water partition coefficient (Wildman–Crippen LogP) is 2.08. The summed E-state index contributed by atoms with van der Waals surface area (Å²) >= 11 is 0. The average molecular weight is 317 g/mol. The summed E-state index contributed by atoms with van der Waals surface area (Å²) in [6.45, 7) is 3.41. The highest BCUT2D eigenvalue weighted by atomic mass is 16.5. The van der Waals surface area contributed by atoms with Crippen molar-refractivity contribution in [3.8, 4) is 0 Å². The molecule has 0 radical (unpaired) electrons. The number of likely N-dealkylation sites (N-methyl/N-ethyl adjacent to an activating group) is 1. The zero-order chi connectivity index (χ0) is 16.1. The van der Waals surface area contributed by atoms with Crippen LogP contribution in [0.3, 0.4) is 0 Å². The first kappa shape index (κ1) is 16.3. The van der Waals surface area contributed by atoms with Gasteiger partial charge < -0.3 is 15.0 Å². The molecule has 0 aliphatic carbocycles. The van der Waals surface area contributed by atoms with Crippen molar-refractivity contribution in [3.63, 3.8) is 0 Å². The van der Waals surface area contributed by atoms with Gasteiger partial charge in [-0.05, 0) is 31.9 Å². The maximum atomic E-state index is 12.3. The molecule has 2 atom stereocenters. The van der Waals surface area contributed by atoms with Crippen LogP contribution in [-0.4, -0.2) is 61.2 Å². The minimum atomic E-state index is 0.0502. The minimum absolute atomic E-state index is 0.0502. The van der Waals surface area contributed by atoms with Gasteiger partial charge in [0, 0.05) is 31.7 Å². The number of carbonyl (C=O) groups is 1. The van der Waals surface area contributed by atoms with Crippen LogP contribution in [0.25, 0.3) is 0 Å². The molecule has 2 bridgehead atoms. The van der Waals surface area contributed by atoms with E-state index in [1.807, 2.05) is 35.2 Å². The van der Waals surface area contributed by atoms with Crippen LogP contribution >= 0.6 is 0 Å². The quantitative estimate of drug-likeness (QED) is 0.846. The molecule has 126 valence electrons. The number of fused-ring (bicyclic) bond motifs is 2. The summed E-state index contributed by atoms with van der Waals surface area (Å²) in [5, 5.41) is 2.98. The highest BCUT2D eigenvalue weighted by Gasteiger charge is 2.35. The molecule has 2 aliphatic rings. The summed E-state index contributed by atoms with van der Waals surface area (Å²) < 4.78 is 5.61. The fraction of sp³-hybridized carbons (Fsp3) is 0.611. The molecule has 1 aromatic carbocycles. The topological polar surface area (TPSA) is 44.8 Å². The van der Waals surface area contributed by atoms with Crippen LogP contribution in [0.4, 0.5) is 4.79 Å². The second-order valence-corrected chi connectivity index (χ2v) is 6.56. The fourth-order valence-corrected chi connectivity index (χ4v) is 3.60. The van der Waals surface area contributed by atoms with Gasteiger partial charge >= 0.3 is 6.03 Å². The molecular formula is C18H27N3O2. The van der Waals surface area contributed by atoms with E-state index < -0.39 is 0 Å². The van der Waals surface area contributed by atoms with Gasteiger partial charge in [0.1, 0.15) is 0 Å². The third kappa shape index (κ3) is 4.24. The number of likely N-dealkylation sites (tertiary alicyclic amines) is 1. The van der Waals surface area contributed by atoms with Crippen molar-refractivity contribution in [2.45, 2.75) is 38.0 Å². The molecule has 2 aliphatic heterocycles. The van der Waals surface area contributed by atoms with E-state index in [2.05, 4.69) is 17.3 Å². The summed E-state index contributed by atoms with van der Waals surface area (Å²) in [4.78, 5) is 16.7. The molecule has 0 spiro atoms. The lowest BCUT2D eigenvalue weighted by Gasteiger charge is -2.26. The molecule has 0 aromatic heterocycles. The lowest BCUT2D eigenvalue weighted by atomic mass is 10.1. The van der Waals surface area contributed by atoms with Crippen molar-refractivity contribution in [1.82, 2.24) is 15.1 Å². The molecule has 2 amide bonds. The minimum Gasteiger partial charge on any atom is -0.375 e. The van der Waals surface area contributed by atoms with Crippen LogP contribution in [0.5, 0.6) is 0 Å². The first-order valence-corrected chi connectivity index (χ1v) is 8.60. The Morgan fingerprint density at radius 2 is 2.00 bits per heavy atom. The number of ether oxygens (including phenoxy) is 1. The van der Waals surface area contributed by atoms with Gasteiger partial charge in [-0.1, -0.05) is 30.3 Å². The second-order valence-electron chi connectivity index (χ2n) is 6.56. The van der Waals surface area contributed by atoms with Crippen molar-refractivity contribution >= 4 is 6.03 Å². The molecule has 1 N–H and O–H groups in total. The third-order valence-electron chi connectivity index (χ3n) is 5.07. The number of rotatable bonds is 5. The summed E-state index contributed by atoms with van der Waals surface area (Å²) in [5.41, 5.74) is 1.16. The van der Waals surface area contributed by atoms with Crippen LogP contribution < -0.4 is 5.32 Å². The lowest BCUT2D eigenvalue weighted by Crippen LogP contribution is -2.45. The first-order chi connectivity index (χ1) is 11.2. The molecule has 5 heteroatoms. The highest BCUT2D eigenvalue weighted by Crippen LogP contribution is 2.28. The monoisotopic (exact) mass is 317 g/mol. The van der Waals surface area contributed by atoms with Gasteiger partial charge in [0.15, 0.2) is 0 Å². The number of nitrogens with one attached hydrogen (secondary N) is 1. The van der Waals surface area contributed by atoms with Gasteiger partial charge in [-0.15, -0.1) is 0 Å². The maximum absolute atomic E-state index is 12.3. The van der Waals surface area contributed by atoms with Crippen LogP contribution in [0.2, 0.25) is 0 Å². The molecule has 2 fully saturated rings. The van der Waals surface area contributed by atoms with Crippen molar-refractivity contribution in [1.29, 1.82) is 0 Å². The van der Waals surface area contributed by atoms with E-state index in [-0.39, 0.29) is 6.03 Å². The first-order valence-electron chi connectivity index (χ1n) is 8.60. The molecular weight excluding hydrogens is 290 g/mol. The predicted molar refractivity (Wildman–Crippen MR) is 90.3 cm³/mol. The smallest absolute Gasteiger partial charge is 0.317 e. The third-order valence-corrected chi connectivity index (χ3v) is 5.07. The van der Waals surface area contributed by atoms with Gasteiger partial charge in [-0.25, -0.2) is 4.79 Å². The van der Waals surface area contributed by atoms with Gasteiger partial charge in [0.25, 0.3) is 0 Å². The Hall–Kier alpha value is -1.59. The standard InChI is InChI=1S/C18H27N3O2/c1-20-16-7-8-17(20)13-21(11-9-16)18(22)19-10-12-23-14-15-5-3-2-4-6-15/h2-6,16-17H,7-14H2,1H3,(H,19,22). The number of nitrogens with zero attached hydrogens (tertiary/aromatic N) is 2. The zero-order valence-electron chi connectivity index (χ0n) is 13.9. The van der Waals surface area contributed by atoms with E-state index in [0.29, 0.717) is 31.8 Å². The molecule has 3 rings (SSSR count).